The summed E-state index contributed by atoms with van der Waals surface area (Å²) in [6, 6.07) is 4.42. The number of carbonyl (C=O) groups excluding carboxylic acids is 1. The van der Waals surface area contributed by atoms with Gasteiger partial charge < -0.3 is 9.84 Å². The quantitative estimate of drug-likeness (QED) is 0.738. The number of benzene rings is 1. The van der Waals surface area contributed by atoms with Crippen LogP contribution in [0.1, 0.15) is 42.8 Å². The van der Waals surface area contributed by atoms with Gasteiger partial charge in [0.2, 0.25) is 0 Å². The van der Waals surface area contributed by atoms with Crippen LogP contribution in [0.5, 0.6) is 0 Å². The van der Waals surface area contributed by atoms with E-state index in [1.54, 1.807) is 13.0 Å². The molecule has 0 saturated carbocycles. The minimum absolute atomic E-state index is 0.0636. The first-order valence-corrected chi connectivity index (χ1v) is 9.82. The number of aromatic nitrogens is 1. The number of carbonyl (C=O) groups is 1. The maximum absolute atomic E-state index is 14.3. The minimum atomic E-state index is -0.539. The molecule has 0 atom stereocenters. The number of halogens is 2. The number of piperidine rings is 1. The molecular formula is C21H25ClFN3O2. The van der Waals surface area contributed by atoms with E-state index >= 15 is 0 Å². The summed E-state index contributed by atoms with van der Waals surface area (Å²) in [6.45, 7) is 8.60. The SMILES string of the molecule is CC(C)=CCN1CCC(NC(=O)c2c(-c3c(F)cccc3Cl)noc2C)CC1. The zero-order chi connectivity index (χ0) is 20.3. The molecule has 0 bridgehead atoms. The second-order valence-corrected chi connectivity index (χ2v) is 7.80. The van der Waals surface area contributed by atoms with Crippen molar-refractivity contribution < 1.29 is 13.7 Å². The van der Waals surface area contributed by atoms with Crippen molar-refractivity contribution in [2.75, 3.05) is 19.6 Å². The van der Waals surface area contributed by atoms with Crippen molar-refractivity contribution in [1.82, 2.24) is 15.4 Å². The number of hydrogen-bond donors (Lipinski definition) is 1. The normalized spacial score (nSPS) is 15.5. The summed E-state index contributed by atoms with van der Waals surface area (Å²) in [5.41, 5.74) is 1.76. The molecule has 0 unspecified atom stereocenters. The summed E-state index contributed by atoms with van der Waals surface area (Å²) in [5, 5.41) is 7.14. The summed E-state index contributed by atoms with van der Waals surface area (Å²) in [7, 11) is 0. The lowest BCUT2D eigenvalue weighted by molar-refractivity contribution is 0.0913. The highest BCUT2D eigenvalue weighted by Gasteiger charge is 2.28. The maximum atomic E-state index is 14.3. The molecule has 1 aliphatic rings. The molecule has 2 aromatic rings. The van der Waals surface area contributed by atoms with E-state index in [0.717, 1.165) is 32.5 Å². The van der Waals surface area contributed by atoms with Crippen LogP contribution in [0.3, 0.4) is 0 Å². The number of allylic oxidation sites excluding steroid dienone is 1. The largest absolute Gasteiger partial charge is 0.360 e. The van der Waals surface area contributed by atoms with Gasteiger partial charge in [-0.15, -0.1) is 0 Å². The van der Waals surface area contributed by atoms with E-state index in [4.69, 9.17) is 16.1 Å². The van der Waals surface area contributed by atoms with Gasteiger partial charge in [0, 0.05) is 25.7 Å². The van der Waals surface area contributed by atoms with E-state index in [0.29, 0.717) is 5.76 Å². The highest BCUT2D eigenvalue weighted by atomic mass is 35.5. The zero-order valence-electron chi connectivity index (χ0n) is 16.4. The summed E-state index contributed by atoms with van der Waals surface area (Å²) in [5.74, 6) is -0.508. The molecule has 1 fully saturated rings. The molecule has 28 heavy (non-hydrogen) atoms. The Hall–Kier alpha value is -2.18. The van der Waals surface area contributed by atoms with Crippen LogP contribution >= 0.6 is 11.6 Å². The Balaban J connectivity index is 1.71. The van der Waals surface area contributed by atoms with Crippen LogP contribution in [-0.4, -0.2) is 41.6 Å². The third-order valence-corrected chi connectivity index (χ3v) is 5.28. The Labute approximate surface area is 169 Å². The van der Waals surface area contributed by atoms with Gasteiger partial charge in [-0.05, 0) is 45.7 Å². The van der Waals surface area contributed by atoms with Gasteiger partial charge in [-0.25, -0.2) is 4.39 Å². The highest BCUT2D eigenvalue weighted by Crippen LogP contribution is 2.33. The van der Waals surface area contributed by atoms with E-state index in [-0.39, 0.29) is 33.8 Å². The van der Waals surface area contributed by atoms with E-state index in [1.807, 2.05) is 0 Å². The van der Waals surface area contributed by atoms with E-state index < -0.39 is 5.82 Å². The monoisotopic (exact) mass is 405 g/mol. The van der Waals surface area contributed by atoms with Crippen LogP contribution in [0.4, 0.5) is 4.39 Å². The zero-order valence-corrected chi connectivity index (χ0v) is 17.1. The van der Waals surface area contributed by atoms with Gasteiger partial charge in [-0.1, -0.05) is 34.5 Å². The standard InChI is InChI=1S/C21H25ClFN3O2/c1-13(2)7-10-26-11-8-15(9-12-26)24-21(27)18-14(3)28-25-20(18)19-16(22)5-4-6-17(19)23/h4-7,15H,8-12H2,1-3H3,(H,24,27). The van der Waals surface area contributed by atoms with E-state index in [9.17, 15) is 9.18 Å². The molecule has 1 aliphatic heterocycles. The number of amides is 1. The minimum Gasteiger partial charge on any atom is -0.360 e. The third kappa shape index (κ3) is 4.62. The van der Waals surface area contributed by atoms with Crippen LogP contribution in [0, 0.1) is 12.7 Å². The molecule has 150 valence electrons. The van der Waals surface area contributed by atoms with Crippen LogP contribution in [0.2, 0.25) is 5.02 Å². The molecule has 0 aliphatic carbocycles. The van der Waals surface area contributed by atoms with Crippen molar-refractivity contribution in [1.29, 1.82) is 0 Å². The lowest BCUT2D eigenvalue weighted by atomic mass is 10.0. The Kier molecular flexibility index (Phi) is 6.52. The van der Waals surface area contributed by atoms with Gasteiger partial charge in [0.25, 0.3) is 5.91 Å². The molecule has 1 N–H and O–H groups in total. The Morgan fingerprint density at radius 1 is 1.39 bits per heavy atom. The first-order chi connectivity index (χ1) is 13.4. The number of hydrogen-bond acceptors (Lipinski definition) is 4. The topological polar surface area (TPSA) is 58.4 Å². The predicted octanol–water partition coefficient (Wildman–Crippen LogP) is 4.60. The maximum Gasteiger partial charge on any atom is 0.257 e. The number of aryl methyl sites for hydroxylation is 1. The fourth-order valence-electron chi connectivity index (χ4n) is 3.36. The molecular weight excluding hydrogens is 381 g/mol. The molecule has 0 spiro atoms. The van der Waals surface area contributed by atoms with Crippen molar-refractivity contribution in [3.8, 4) is 11.3 Å². The molecule has 3 rings (SSSR count). The molecule has 0 radical (unpaired) electrons. The van der Waals surface area contributed by atoms with Crippen molar-refractivity contribution in [3.63, 3.8) is 0 Å². The van der Waals surface area contributed by atoms with Gasteiger partial charge in [0.05, 0.1) is 10.6 Å². The van der Waals surface area contributed by atoms with Crippen LogP contribution < -0.4 is 5.32 Å². The van der Waals surface area contributed by atoms with Crippen LogP contribution in [0.25, 0.3) is 11.3 Å². The predicted molar refractivity (Wildman–Crippen MR) is 108 cm³/mol. The number of likely N-dealkylation sites (tertiary alicyclic amines) is 1. The van der Waals surface area contributed by atoms with Gasteiger partial charge in [-0.3, -0.25) is 9.69 Å². The Morgan fingerprint density at radius 3 is 2.75 bits per heavy atom. The summed E-state index contributed by atoms with van der Waals surface area (Å²) >= 11 is 6.15. The van der Waals surface area contributed by atoms with Gasteiger partial charge >= 0.3 is 0 Å². The molecule has 1 aromatic heterocycles. The average molecular weight is 406 g/mol. The Morgan fingerprint density at radius 2 is 2.11 bits per heavy atom. The number of rotatable bonds is 5. The fraction of sp³-hybridized carbons (Fsp3) is 0.429. The first kappa shape index (κ1) is 20.6. The van der Waals surface area contributed by atoms with E-state index in [2.05, 4.69) is 35.3 Å². The second kappa shape index (κ2) is 8.88. The van der Waals surface area contributed by atoms with Crippen molar-refractivity contribution >= 4 is 17.5 Å². The summed E-state index contributed by atoms with van der Waals surface area (Å²) in [6.07, 6.45) is 3.94. The summed E-state index contributed by atoms with van der Waals surface area (Å²) in [4.78, 5) is 15.3. The molecule has 7 heteroatoms. The molecule has 2 heterocycles. The van der Waals surface area contributed by atoms with Crippen molar-refractivity contribution in [2.45, 2.75) is 39.7 Å². The molecule has 1 amide bonds. The van der Waals surface area contributed by atoms with Gasteiger partial charge in [-0.2, -0.15) is 0 Å². The van der Waals surface area contributed by atoms with Crippen molar-refractivity contribution in [3.05, 3.63) is 52.0 Å². The highest BCUT2D eigenvalue weighted by molar-refractivity contribution is 6.33. The lowest BCUT2D eigenvalue weighted by Crippen LogP contribution is -2.44. The number of nitrogens with one attached hydrogen (secondary N) is 1. The molecule has 1 aromatic carbocycles. The van der Waals surface area contributed by atoms with E-state index in [1.165, 1.54) is 17.7 Å². The van der Waals surface area contributed by atoms with Gasteiger partial charge in [0.1, 0.15) is 22.8 Å². The van der Waals surface area contributed by atoms with Crippen molar-refractivity contribution in [2.24, 2.45) is 0 Å². The summed E-state index contributed by atoms with van der Waals surface area (Å²) < 4.78 is 19.5. The fourth-order valence-corrected chi connectivity index (χ4v) is 3.62. The molecule has 5 nitrogen and oxygen atoms in total. The second-order valence-electron chi connectivity index (χ2n) is 7.39. The smallest absolute Gasteiger partial charge is 0.257 e. The third-order valence-electron chi connectivity index (χ3n) is 4.97. The average Bonchev–Trinajstić information content (AvgIpc) is 3.02. The molecule has 1 saturated heterocycles. The van der Waals surface area contributed by atoms with Crippen LogP contribution in [-0.2, 0) is 0 Å². The number of nitrogens with zero attached hydrogens (tertiary/aromatic N) is 2. The van der Waals surface area contributed by atoms with Crippen LogP contribution in [0.15, 0.2) is 34.4 Å². The first-order valence-electron chi connectivity index (χ1n) is 9.44. The van der Waals surface area contributed by atoms with Gasteiger partial charge in [0.15, 0.2) is 0 Å². The lowest BCUT2D eigenvalue weighted by Gasteiger charge is -2.31. The Bertz CT molecular complexity index is 862.